The van der Waals surface area contributed by atoms with E-state index in [1.165, 1.54) is 12.1 Å². The minimum atomic E-state index is -0.206. The molecule has 0 radical (unpaired) electrons. The van der Waals surface area contributed by atoms with E-state index in [4.69, 9.17) is 12.2 Å². The van der Waals surface area contributed by atoms with Crippen LogP contribution in [0.3, 0.4) is 0 Å². The molecule has 2 aromatic carbocycles. The topological polar surface area (TPSA) is 24.1 Å². The Morgan fingerprint density at radius 3 is 2.58 bits per heavy atom. The maximum absolute atomic E-state index is 13.0. The summed E-state index contributed by atoms with van der Waals surface area (Å²) in [7, 11) is 0. The molecule has 0 saturated carbocycles. The normalized spacial score (nSPS) is 9.95. The standard InChI is InChI=1S/C15H15FN2S/c16-13-6-4-5-12(11-13)9-10-17-15(19)18-14-7-2-1-3-8-14/h1-8,11H,9-10H2,(H2,17,18,19). The molecule has 0 aliphatic heterocycles. The molecule has 0 bridgehead atoms. The minimum absolute atomic E-state index is 0.206. The lowest BCUT2D eigenvalue weighted by atomic mass is 10.1. The van der Waals surface area contributed by atoms with Crippen molar-refractivity contribution >= 4 is 23.0 Å². The molecule has 0 aromatic heterocycles. The van der Waals surface area contributed by atoms with E-state index < -0.39 is 0 Å². The molecule has 2 nitrogen and oxygen atoms in total. The Balaban J connectivity index is 1.75. The molecule has 2 aromatic rings. The predicted octanol–water partition coefficient (Wildman–Crippen LogP) is 3.35. The van der Waals surface area contributed by atoms with Crippen molar-refractivity contribution in [3.63, 3.8) is 0 Å². The second-order valence-electron chi connectivity index (χ2n) is 4.13. The van der Waals surface area contributed by atoms with Gasteiger partial charge in [0.15, 0.2) is 5.11 Å². The second kappa shape index (κ2) is 6.85. The van der Waals surface area contributed by atoms with Gasteiger partial charge < -0.3 is 10.6 Å². The molecule has 0 heterocycles. The molecule has 0 aliphatic rings. The number of hydrogen-bond acceptors (Lipinski definition) is 1. The van der Waals surface area contributed by atoms with Gasteiger partial charge >= 0.3 is 0 Å². The van der Waals surface area contributed by atoms with Crippen molar-refractivity contribution in [1.82, 2.24) is 5.32 Å². The highest BCUT2D eigenvalue weighted by Gasteiger charge is 1.98. The van der Waals surface area contributed by atoms with E-state index in [1.807, 2.05) is 36.4 Å². The number of para-hydroxylation sites is 1. The molecule has 4 heteroatoms. The molecule has 0 atom stereocenters. The number of rotatable bonds is 4. The third-order valence-electron chi connectivity index (χ3n) is 2.62. The molecule has 0 saturated heterocycles. The number of benzene rings is 2. The van der Waals surface area contributed by atoms with Gasteiger partial charge in [-0.05, 0) is 48.5 Å². The number of nitrogens with one attached hydrogen (secondary N) is 2. The first-order valence-corrected chi connectivity index (χ1v) is 6.49. The fourth-order valence-corrected chi connectivity index (χ4v) is 1.93. The summed E-state index contributed by atoms with van der Waals surface area (Å²) < 4.78 is 13.0. The Morgan fingerprint density at radius 2 is 1.84 bits per heavy atom. The van der Waals surface area contributed by atoms with Crippen molar-refractivity contribution in [2.24, 2.45) is 0 Å². The Hall–Kier alpha value is -1.94. The van der Waals surface area contributed by atoms with E-state index in [0.717, 1.165) is 17.7 Å². The Kier molecular flexibility index (Phi) is 4.86. The zero-order chi connectivity index (χ0) is 13.5. The summed E-state index contributed by atoms with van der Waals surface area (Å²) in [5, 5.41) is 6.75. The molecular formula is C15H15FN2S. The molecule has 0 aliphatic carbocycles. The fourth-order valence-electron chi connectivity index (χ4n) is 1.71. The van der Waals surface area contributed by atoms with Crippen LogP contribution in [0.5, 0.6) is 0 Å². The average molecular weight is 274 g/mol. The largest absolute Gasteiger partial charge is 0.362 e. The van der Waals surface area contributed by atoms with E-state index in [9.17, 15) is 4.39 Å². The third-order valence-corrected chi connectivity index (χ3v) is 2.87. The number of thiocarbonyl (C=S) groups is 1. The molecule has 2 rings (SSSR count). The molecule has 19 heavy (non-hydrogen) atoms. The summed E-state index contributed by atoms with van der Waals surface area (Å²) in [4.78, 5) is 0. The maximum Gasteiger partial charge on any atom is 0.170 e. The van der Waals surface area contributed by atoms with Crippen LogP contribution in [0, 0.1) is 5.82 Å². The lowest BCUT2D eigenvalue weighted by molar-refractivity contribution is 0.625. The Morgan fingerprint density at radius 1 is 1.05 bits per heavy atom. The highest BCUT2D eigenvalue weighted by molar-refractivity contribution is 7.80. The molecule has 0 unspecified atom stereocenters. The van der Waals surface area contributed by atoms with Crippen LogP contribution in [0.4, 0.5) is 10.1 Å². The fraction of sp³-hybridized carbons (Fsp3) is 0.133. The second-order valence-corrected chi connectivity index (χ2v) is 4.54. The third kappa shape index (κ3) is 4.67. The van der Waals surface area contributed by atoms with Gasteiger partial charge in [-0.3, -0.25) is 0 Å². The monoisotopic (exact) mass is 274 g/mol. The van der Waals surface area contributed by atoms with Crippen LogP contribution in [-0.2, 0) is 6.42 Å². The van der Waals surface area contributed by atoms with Gasteiger partial charge in [-0.2, -0.15) is 0 Å². The van der Waals surface area contributed by atoms with E-state index in [-0.39, 0.29) is 5.82 Å². The van der Waals surface area contributed by atoms with Gasteiger partial charge in [-0.1, -0.05) is 30.3 Å². The lowest BCUT2D eigenvalue weighted by Crippen LogP contribution is -2.30. The van der Waals surface area contributed by atoms with E-state index in [0.29, 0.717) is 11.7 Å². The van der Waals surface area contributed by atoms with Gasteiger partial charge in [0.1, 0.15) is 5.82 Å². The van der Waals surface area contributed by atoms with Crippen LogP contribution in [0.15, 0.2) is 54.6 Å². The van der Waals surface area contributed by atoms with Crippen molar-refractivity contribution in [3.05, 3.63) is 66.0 Å². The van der Waals surface area contributed by atoms with E-state index in [2.05, 4.69) is 10.6 Å². The van der Waals surface area contributed by atoms with Gasteiger partial charge in [-0.25, -0.2) is 4.39 Å². The zero-order valence-electron chi connectivity index (χ0n) is 10.4. The zero-order valence-corrected chi connectivity index (χ0v) is 11.2. The molecule has 0 amide bonds. The smallest absolute Gasteiger partial charge is 0.170 e. The first-order chi connectivity index (χ1) is 9.24. The van der Waals surface area contributed by atoms with Crippen LogP contribution in [0.1, 0.15) is 5.56 Å². The van der Waals surface area contributed by atoms with E-state index in [1.54, 1.807) is 6.07 Å². The van der Waals surface area contributed by atoms with Crippen LogP contribution in [0.2, 0.25) is 0 Å². The van der Waals surface area contributed by atoms with Crippen LogP contribution in [-0.4, -0.2) is 11.7 Å². The summed E-state index contributed by atoms with van der Waals surface area (Å²) in [6.07, 6.45) is 0.731. The van der Waals surface area contributed by atoms with Crippen LogP contribution in [0.25, 0.3) is 0 Å². The maximum atomic E-state index is 13.0. The van der Waals surface area contributed by atoms with Crippen LogP contribution >= 0.6 is 12.2 Å². The molecule has 98 valence electrons. The molecule has 2 N–H and O–H groups in total. The minimum Gasteiger partial charge on any atom is -0.362 e. The SMILES string of the molecule is Fc1cccc(CCNC(=S)Nc2ccccc2)c1. The molecule has 0 spiro atoms. The average Bonchev–Trinajstić information content (AvgIpc) is 2.40. The summed E-state index contributed by atoms with van der Waals surface area (Å²) in [6, 6.07) is 16.3. The molecule has 0 fully saturated rings. The quantitative estimate of drug-likeness (QED) is 0.836. The molecular weight excluding hydrogens is 259 g/mol. The highest BCUT2D eigenvalue weighted by Crippen LogP contribution is 2.05. The van der Waals surface area contributed by atoms with Gasteiger partial charge in [0.25, 0.3) is 0 Å². The number of halogens is 1. The van der Waals surface area contributed by atoms with Crippen molar-refractivity contribution in [1.29, 1.82) is 0 Å². The summed E-state index contributed by atoms with van der Waals surface area (Å²) in [5.41, 5.74) is 1.90. The summed E-state index contributed by atoms with van der Waals surface area (Å²) in [6.45, 7) is 0.669. The predicted molar refractivity (Wildman–Crippen MR) is 80.8 cm³/mol. The van der Waals surface area contributed by atoms with Crippen molar-refractivity contribution in [2.75, 3.05) is 11.9 Å². The highest BCUT2D eigenvalue weighted by atomic mass is 32.1. The summed E-state index contributed by atoms with van der Waals surface area (Å²) >= 11 is 5.18. The van der Waals surface area contributed by atoms with Crippen molar-refractivity contribution < 1.29 is 4.39 Å². The first kappa shape index (κ1) is 13.5. The van der Waals surface area contributed by atoms with Gasteiger partial charge in [-0.15, -0.1) is 0 Å². The van der Waals surface area contributed by atoms with Crippen molar-refractivity contribution in [2.45, 2.75) is 6.42 Å². The Bertz CT molecular complexity index is 543. The van der Waals surface area contributed by atoms with Gasteiger partial charge in [0.2, 0.25) is 0 Å². The Labute approximate surface area is 117 Å². The van der Waals surface area contributed by atoms with Gasteiger partial charge in [0.05, 0.1) is 0 Å². The van der Waals surface area contributed by atoms with E-state index >= 15 is 0 Å². The number of anilines is 1. The van der Waals surface area contributed by atoms with Gasteiger partial charge in [0, 0.05) is 12.2 Å². The lowest BCUT2D eigenvalue weighted by Gasteiger charge is -2.10. The van der Waals surface area contributed by atoms with Crippen LogP contribution < -0.4 is 10.6 Å². The first-order valence-electron chi connectivity index (χ1n) is 6.08. The van der Waals surface area contributed by atoms with Crippen molar-refractivity contribution in [3.8, 4) is 0 Å². The number of hydrogen-bond donors (Lipinski definition) is 2. The summed E-state index contributed by atoms with van der Waals surface area (Å²) in [5.74, 6) is -0.206.